The number of Topliss-reactive ketones (excluding diaryl/α,β-unsaturated/α-hetero) is 1. The maximum absolute atomic E-state index is 12.6. The normalized spacial score (nSPS) is 13.6. The second kappa shape index (κ2) is 12.9. The van der Waals surface area contributed by atoms with Gasteiger partial charge in [0, 0.05) is 6.42 Å². The maximum atomic E-state index is 12.6. The highest BCUT2D eigenvalue weighted by Crippen LogP contribution is 2.10. The average molecular weight is 471 g/mol. The third-order valence-corrected chi connectivity index (χ3v) is 5.08. The fourth-order valence-electron chi connectivity index (χ4n) is 2.48. The van der Waals surface area contributed by atoms with Gasteiger partial charge in [0.1, 0.15) is 24.5 Å². The number of alkyl carbamates (subject to hydrolysis) is 1. The molecule has 0 aliphatic carbocycles. The van der Waals surface area contributed by atoms with Gasteiger partial charge in [-0.25, -0.2) is 9.59 Å². The molecule has 0 heterocycles. The first-order valence-electron chi connectivity index (χ1n) is 9.36. The van der Waals surface area contributed by atoms with Gasteiger partial charge in [0.15, 0.2) is 0 Å². The minimum Gasteiger partial charge on any atom is -0.480 e. The molecule has 0 saturated heterocycles. The lowest BCUT2D eigenvalue weighted by Crippen LogP contribution is -2.54. The van der Waals surface area contributed by atoms with Crippen LogP contribution in [0.25, 0.3) is 0 Å². The summed E-state index contributed by atoms with van der Waals surface area (Å²) >= 11 is 3.02. The van der Waals surface area contributed by atoms with E-state index in [0.29, 0.717) is 6.42 Å². The number of ketones is 1. The van der Waals surface area contributed by atoms with Crippen LogP contribution in [-0.2, 0) is 25.7 Å². The topological polar surface area (TPSA) is 122 Å². The second-order valence-corrected chi connectivity index (χ2v) is 7.24. The molecule has 0 bridgehead atoms. The third kappa shape index (κ3) is 9.08. The zero-order valence-corrected chi connectivity index (χ0v) is 18.1. The Labute approximate surface area is 178 Å². The van der Waals surface area contributed by atoms with Gasteiger partial charge >= 0.3 is 12.1 Å². The second-order valence-electron chi connectivity index (χ2n) is 6.68. The van der Waals surface area contributed by atoms with Gasteiger partial charge in [0.25, 0.3) is 0 Å². The van der Waals surface area contributed by atoms with Crippen molar-refractivity contribution in [3.05, 3.63) is 35.9 Å². The summed E-state index contributed by atoms with van der Waals surface area (Å²) in [5.41, 5.74) is 0.801. The zero-order valence-electron chi connectivity index (χ0n) is 16.5. The molecule has 0 fully saturated rings. The lowest BCUT2D eigenvalue weighted by molar-refractivity contribution is -0.142. The van der Waals surface area contributed by atoms with Crippen molar-refractivity contribution in [1.29, 1.82) is 0 Å². The first kappa shape index (κ1) is 24.6. The van der Waals surface area contributed by atoms with Crippen LogP contribution in [-0.4, -0.2) is 46.3 Å². The predicted octanol–water partition coefficient (Wildman–Crippen LogP) is 2.64. The Morgan fingerprint density at radius 3 is 2.34 bits per heavy atom. The van der Waals surface area contributed by atoms with Crippen LogP contribution in [0.1, 0.15) is 38.7 Å². The van der Waals surface area contributed by atoms with E-state index in [0.717, 1.165) is 5.56 Å². The van der Waals surface area contributed by atoms with E-state index in [9.17, 15) is 24.3 Å². The summed E-state index contributed by atoms with van der Waals surface area (Å²) in [4.78, 5) is 47.6. The molecule has 8 nitrogen and oxygen atoms in total. The van der Waals surface area contributed by atoms with Crippen molar-refractivity contribution in [2.24, 2.45) is 5.92 Å². The molecule has 0 aromatic heterocycles. The lowest BCUT2D eigenvalue weighted by Gasteiger charge is -2.25. The Hall–Kier alpha value is -2.42. The van der Waals surface area contributed by atoms with Gasteiger partial charge in [-0.3, -0.25) is 9.59 Å². The number of amides is 2. The van der Waals surface area contributed by atoms with Gasteiger partial charge in [-0.1, -0.05) is 66.5 Å². The van der Waals surface area contributed by atoms with Gasteiger partial charge in [0.05, 0.1) is 5.33 Å². The number of carbonyl (C=O) groups is 4. The van der Waals surface area contributed by atoms with Crippen LogP contribution in [0.5, 0.6) is 0 Å². The van der Waals surface area contributed by atoms with Gasteiger partial charge < -0.3 is 20.5 Å². The summed E-state index contributed by atoms with van der Waals surface area (Å²) < 4.78 is 5.15. The number of carboxylic acids is 1. The summed E-state index contributed by atoms with van der Waals surface area (Å²) in [6.07, 6.45) is -0.201. The number of ether oxygens (including phenoxy) is 1. The molecule has 3 N–H and O–H groups in total. The van der Waals surface area contributed by atoms with Gasteiger partial charge in [-0.15, -0.1) is 0 Å². The minimum atomic E-state index is -1.24. The van der Waals surface area contributed by atoms with Crippen molar-refractivity contribution >= 4 is 39.7 Å². The number of hydrogen-bond acceptors (Lipinski definition) is 5. The molecular weight excluding hydrogens is 444 g/mol. The number of halogens is 1. The average Bonchev–Trinajstić information content (AvgIpc) is 2.72. The lowest BCUT2D eigenvalue weighted by atomic mass is 9.98. The van der Waals surface area contributed by atoms with Crippen LogP contribution in [0.3, 0.4) is 0 Å². The molecule has 9 heteroatoms. The van der Waals surface area contributed by atoms with Crippen molar-refractivity contribution in [1.82, 2.24) is 10.6 Å². The molecule has 0 spiro atoms. The Bertz CT molecular complexity index is 697. The number of rotatable bonds is 12. The van der Waals surface area contributed by atoms with E-state index in [1.54, 1.807) is 19.1 Å². The molecule has 1 aromatic rings. The Morgan fingerprint density at radius 1 is 1.14 bits per heavy atom. The van der Waals surface area contributed by atoms with Crippen molar-refractivity contribution in [2.45, 2.75) is 51.8 Å². The number of alkyl halides is 1. The molecule has 0 radical (unpaired) electrons. The smallest absolute Gasteiger partial charge is 0.408 e. The van der Waals surface area contributed by atoms with E-state index in [4.69, 9.17) is 4.74 Å². The minimum absolute atomic E-state index is 0.0169. The van der Waals surface area contributed by atoms with Crippen LogP contribution in [0.15, 0.2) is 30.3 Å². The predicted molar refractivity (Wildman–Crippen MR) is 111 cm³/mol. The monoisotopic (exact) mass is 470 g/mol. The van der Waals surface area contributed by atoms with Crippen LogP contribution >= 0.6 is 15.9 Å². The van der Waals surface area contributed by atoms with Crippen molar-refractivity contribution in [2.75, 3.05) is 5.33 Å². The molecule has 29 heavy (non-hydrogen) atoms. The van der Waals surface area contributed by atoms with E-state index in [-0.39, 0.29) is 36.5 Å². The first-order valence-corrected chi connectivity index (χ1v) is 10.5. The van der Waals surface area contributed by atoms with Crippen molar-refractivity contribution in [3.63, 3.8) is 0 Å². The Balaban J connectivity index is 2.71. The van der Waals surface area contributed by atoms with Gasteiger partial charge in [-0.05, 0) is 17.9 Å². The number of nitrogens with one attached hydrogen (secondary N) is 2. The molecule has 1 rings (SSSR count). The highest BCUT2D eigenvalue weighted by atomic mass is 79.9. The number of hydrogen-bond donors (Lipinski definition) is 3. The molecule has 3 unspecified atom stereocenters. The quantitative estimate of drug-likeness (QED) is 0.403. The molecule has 0 aliphatic heterocycles. The Morgan fingerprint density at radius 2 is 1.79 bits per heavy atom. The van der Waals surface area contributed by atoms with E-state index in [1.807, 2.05) is 25.1 Å². The SMILES string of the molecule is CCC(C)C(NC(=O)OCc1ccccc1)C(=O)NC(CCC(=O)CBr)C(=O)O. The number of aliphatic carboxylic acids is 1. The summed E-state index contributed by atoms with van der Waals surface area (Å²) in [6, 6.07) is 6.90. The number of carbonyl (C=O) groups excluding carboxylic acids is 3. The molecule has 1 aromatic carbocycles. The maximum Gasteiger partial charge on any atom is 0.408 e. The van der Waals surface area contributed by atoms with E-state index >= 15 is 0 Å². The number of carboxylic acid groups (broad SMARTS) is 1. The van der Waals surface area contributed by atoms with E-state index in [1.165, 1.54) is 0 Å². The summed E-state index contributed by atoms with van der Waals surface area (Å²) in [6.45, 7) is 3.67. The van der Waals surface area contributed by atoms with Crippen LogP contribution in [0, 0.1) is 5.92 Å². The molecule has 2 amide bonds. The highest BCUT2D eigenvalue weighted by Gasteiger charge is 2.30. The standard InChI is InChI=1S/C20H27BrN2O6/c1-3-13(2)17(23-20(28)29-12-14-7-5-4-6-8-14)18(25)22-16(19(26)27)10-9-15(24)11-21/h4-8,13,16-17H,3,9-12H2,1-2H3,(H,22,25)(H,23,28)(H,26,27). The fourth-order valence-corrected chi connectivity index (χ4v) is 2.77. The van der Waals surface area contributed by atoms with Crippen molar-refractivity contribution < 1.29 is 29.0 Å². The summed E-state index contributed by atoms with van der Waals surface area (Å²) in [5.74, 6) is -2.28. The van der Waals surface area contributed by atoms with Crippen LogP contribution in [0.2, 0.25) is 0 Å². The van der Waals surface area contributed by atoms with E-state index in [2.05, 4.69) is 26.6 Å². The van der Waals surface area contributed by atoms with Crippen LogP contribution < -0.4 is 10.6 Å². The fraction of sp³-hybridized carbons (Fsp3) is 0.500. The molecule has 3 atom stereocenters. The largest absolute Gasteiger partial charge is 0.480 e. The highest BCUT2D eigenvalue weighted by molar-refractivity contribution is 9.09. The van der Waals surface area contributed by atoms with E-state index < -0.39 is 30.1 Å². The van der Waals surface area contributed by atoms with Crippen LogP contribution in [0.4, 0.5) is 4.79 Å². The number of benzene rings is 1. The zero-order chi connectivity index (χ0) is 21.8. The Kier molecular flexibility index (Phi) is 11.0. The molecule has 0 aliphatic rings. The summed E-state index contributed by atoms with van der Waals surface area (Å²) in [5, 5.41) is 14.4. The third-order valence-electron chi connectivity index (χ3n) is 4.46. The van der Waals surface area contributed by atoms with Gasteiger partial charge in [-0.2, -0.15) is 0 Å². The van der Waals surface area contributed by atoms with Crippen molar-refractivity contribution in [3.8, 4) is 0 Å². The summed E-state index contributed by atoms with van der Waals surface area (Å²) in [7, 11) is 0. The molecule has 160 valence electrons. The van der Waals surface area contributed by atoms with Gasteiger partial charge in [0.2, 0.25) is 5.91 Å². The molecule has 0 saturated carbocycles. The first-order chi connectivity index (χ1) is 13.8. The molecular formula is C20H27BrN2O6.